The van der Waals surface area contributed by atoms with E-state index in [0.29, 0.717) is 13.0 Å². The summed E-state index contributed by atoms with van der Waals surface area (Å²) in [6.45, 7) is 0.422. The highest BCUT2D eigenvalue weighted by Crippen LogP contribution is 2.18. The third-order valence-corrected chi connectivity index (χ3v) is 3.51. The predicted molar refractivity (Wildman–Crippen MR) is 83.1 cm³/mol. The van der Waals surface area contributed by atoms with Crippen LogP contribution in [0.2, 0.25) is 0 Å². The minimum Gasteiger partial charge on any atom is -0.465 e. The molecule has 3 rings (SSSR count). The Morgan fingerprint density at radius 1 is 1.00 bits per heavy atom. The van der Waals surface area contributed by atoms with Crippen LogP contribution in [0.5, 0.6) is 0 Å². The number of aromatic amines is 1. The van der Waals surface area contributed by atoms with E-state index in [2.05, 4.69) is 4.98 Å². The minimum atomic E-state index is -0.185. The van der Waals surface area contributed by atoms with Crippen LogP contribution in [0, 0.1) is 0 Å². The summed E-state index contributed by atoms with van der Waals surface area (Å²) in [6.07, 6.45) is 2.93. The van der Waals surface area contributed by atoms with Gasteiger partial charge in [-0.2, -0.15) is 0 Å². The molecule has 0 amide bonds. The van der Waals surface area contributed by atoms with E-state index in [1.807, 2.05) is 60.8 Å². The molecule has 3 aromatic rings. The molecule has 2 aromatic carbocycles. The van der Waals surface area contributed by atoms with Gasteiger partial charge in [0.05, 0.1) is 13.0 Å². The molecule has 106 valence electrons. The van der Waals surface area contributed by atoms with Gasteiger partial charge in [0.2, 0.25) is 0 Å². The summed E-state index contributed by atoms with van der Waals surface area (Å²) in [7, 11) is 0. The highest BCUT2D eigenvalue weighted by Gasteiger charge is 2.09. The zero-order valence-corrected chi connectivity index (χ0v) is 11.7. The number of para-hydroxylation sites is 1. The van der Waals surface area contributed by atoms with Gasteiger partial charge in [0, 0.05) is 23.5 Å². The first-order valence-electron chi connectivity index (χ1n) is 7.07. The third kappa shape index (κ3) is 3.31. The first-order valence-corrected chi connectivity index (χ1v) is 7.07. The molecule has 0 radical (unpaired) electrons. The van der Waals surface area contributed by atoms with E-state index in [-0.39, 0.29) is 5.97 Å². The van der Waals surface area contributed by atoms with E-state index < -0.39 is 0 Å². The number of esters is 1. The lowest BCUT2D eigenvalue weighted by atomic mass is 10.1. The van der Waals surface area contributed by atoms with E-state index in [4.69, 9.17) is 4.74 Å². The molecular weight excluding hydrogens is 262 g/mol. The Kier molecular flexibility index (Phi) is 4.01. The van der Waals surface area contributed by atoms with Gasteiger partial charge in [0.15, 0.2) is 0 Å². The molecule has 1 aromatic heterocycles. The van der Waals surface area contributed by atoms with Gasteiger partial charge in [-0.05, 0) is 17.2 Å². The van der Waals surface area contributed by atoms with Crippen LogP contribution in [0.15, 0.2) is 60.8 Å². The van der Waals surface area contributed by atoms with E-state index in [1.54, 1.807) is 0 Å². The number of ether oxygens (including phenoxy) is 1. The monoisotopic (exact) mass is 279 g/mol. The lowest BCUT2D eigenvalue weighted by Crippen LogP contribution is -2.10. The van der Waals surface area contributed by atoms with E-state index in [0.717, 1.165) is 22.9 Å². The lowest BCUT2D eigenvalue weighted by Gasteiger charge is -2.04. The average molecular weight is 279 g/mol. The fourth-order valence-corrected chi connectivity index (χ4v) is 2.41. The number of aromatic nitrogens is 1. The van der Waals surface area contributed by atoms with Crippen molar-refractivity contribution in [3.63, 3.8) is 0 Å². The maximum absolute atomic E-state index is 11.9. The second-order valence-corrected chi connectivity index (χ2v) is 4.99. The first-order chi connectivity index (χ1) is 10.3. The van der Waals surface area contributed by atoms with Gasteiger partial charge in [0.1, 0.15) is 0 Å². The maximum Gasteiger partial charge on any atom is 0.310 e. The molecule has 0 aliphatic carbocycles. The number of nitrogens with one attached hydrogen (secondary N) is 1. The smallest absolute Gasteiger partial charge is 0.310 e. The molecule has 0 unspecified atom stereocenters. The van der Waals surface area contributed by atoms with Crippen LogP contribution in [0.1, 0.15) is 11.1 Å². The van der Waals surface area contributed by atoms with Crippen molar-refractivity contribution in [2.24, 2.45) is 0 Å². The summed E-state index contributed by atoms with van der Waals surface area (Å²) in [4.78, 5) is 15.1. The molecule has 0 saturated carbocycles. The van der Waals surface area contributed by atoms with Crippen LogP contribution in [0.4, 0.5) is 0 Å². The number of hydrogen-bond donors (Lipinski definition) is 1. The summed E-state index contributed by atoms with van der Waals surface area (Å²) in [5, 5.41) is 1.08. The number of hydrogen-bond acceptors (Lipinski definition) is 2. The van der Waals surface area contributed by atoms with Crippen molar-refractivity contribution >= 4 is 16.9 Å². The largest absolute Gasteiger partial charge is 0.465 e. The summed E-state index contributed by atoms with van der Waals surface area (Å²) >= 11 is 0. The van der Waals surface area contributed by atoms with E-state index in [9.17, 15) is 4.79 Å². The quantitative estimate of drug-likeness (QED) is 0.726. The molecule has 0 spiro atoms. The van der Waals surface area contributed by atoms with Crippen molar-refractivity contribution in [2.45, 2.75) is 12.8 Å². The molecule has 0 fully saturated rings. The molecule has 1 heterocycles. The van der Waals surface area contributed by atoms with Crippen molar-refractivity contribution in [2.75, 3.05) is 6.61 Å². The second kappa shape index (κ2) is 6.27. The van der Waals surface area contributed by atoms with Gasteiger partial charge < -0.3 is 9.72 Å². The van der Waals surface area contributed by atoms with E-state index in [1.165, 1.54) is 5.56 Å². The predicted octanol–water partition coefficient (Wildman–Crippen LogP) is 3.50. The van der Waals surface area contributed by atoms with Gasteiger partial charge in [0.25, 0.3) is 0 Å². The van der Waals surface area contributed by atoms with Crippen molar-refractivity contribution < 1.29 is 9.53 Å². The highest BCUT2D eigenvalue weighted by molar-refractivity contribution is 5.87. The van der Waals surface area contributed by atoms with E-state index >= 15 is 0 Å². The Hall–Kier alpha value is -2.55. The highest BCUT2D eigenvalue weighted by atomic mass is 16.5. The molecule has 0 aliphatic heterocycles. The second-order valence-electron chi connectivity index (χ2n) is 4.99. The lowest BCUT2D eigenvalue weighted by molar-refractivity contribution is -0.142. The van der Waals surface area contributed by atoms with Crippen molar-refractivity contribution in [1.82, 2.24) is 4.98 Å². The number of fused-ring (bicyclic) bond motifs is 1. The molecule has 21 heavy (non-hydrogen) atoms. The van der Waals surface area contributed by atoms with Gasteiger partial charge >= 0.3 is 5.97 Å². The number of rotatable bonds is 5. The number of H-pyrrole nitrogens is 1. The topological polar surface area (TPSA) is 42.1 Å². The van der Waals surface area contributed by atoms with Gasteiger partial charge in [-0.1, -0.05) is 48.5 Å². The van der Waals surface area contributed by atoms with Gasteiger partial charge in [-0.3, -0.25) is 4.79 Å². The van der Waals surface area contributed by atoms with Crippen LogP contribution in [0.3, 0.4) is 0 Å². The fraction of sp³-hybridized carbons (Fsp3) is 0.167. The zero-order valence-electron chi connectivity index (χ0n) is 11.7. The molecule has 0 atom stereocenters. The standard InChI is InChI=1S/C18H17NO2/c20-18(21-11-10-14-6-2-1-3-7-14)12-15-13-19-17-9-5-4-8-16(15)17/h1-9,13,19H,10-12H2. The summed E-state index contributed by atoms with van der Waals surface area (Å²) in [5.41, 5.74) is 3.21. The molecular formula is C18H17NO2. The molecule has 3 heteroatoms. The van der Waals surface area contributed by atoms with Crippen LogP contribution in [-0.2, 0) is 22.4 Å². The van der Waals surface area contributed by atoms with Crippen LogP contribution in [0.25, 0.3) is 10.9 Å². The maximum atomic E-state index is 11.9. The van der Waals surface area contributed by atoms with Gasteiger partial charge in [-0.25, -0.2) is 0 Å². The van der Waals surface area contributed by atoms with Gasteiger partial charge in [-0.15, -0.1) is 0 Å². The third-order valence-electron chi connectivity index (χ3n) is 3.51. The van der Waals surface area contributed by atoms with Crippen molar-refractivity contribution in [3.05, 3.63) is 71.9 Å². The molecule has 0 bridgehead atoms. The molecule has 1 N–H and O–H groups in total. The summed E-state index contributed by atoms with van der Waals surface area (Å²) in [5.74, 6) is -0.185. The Morgan fingerprint density at radius 3 is 2.62 bits per heavy atom. The Balaban J connectivity index is 1.55. The Morgan fingerprint density at radius 2 is 1.76 bits per heavy atom. The zero-order chi connectivity index (χ0) is 14.5. The molecule has 3 nitrogen and oxygen atoms in total. The molecule has 0 aliphatic rings. The van der Waals surface area contributed by atoms with Crippen LogP contribution in [-0.4, -0.2) is 17.6 Å². The Labute approximate surface area is 123 Å². The average Bonchev–Trinajstić information content (AvgIpc) is 2.92. The number of carbonyl (C=O) groups is 1. The number of carbonyl (C=O) groups excluding carboxylic acids is 1. The van der Waals surface area contributed by atoms with Crippen LogP contribution < -0.4 is 0 Å². The number of benzene rings is 2. The summed E-state index contributed by atoms with van der Waals surface area (Å²) < 4.78 is 5.32. The minimum absolute atomic E-state index is 0.185. The van der Waals surface area contributed by atoms with Crippen LogP contribution >= 0.6 is 0 Å². The fourth-order valence-electron chi connectivity index (χ4n) is 2.41. The van der Waals surface area contributed by atoms with Crippen molar-refractivity contribution in [3.8, 4) is 0 Å². The first kappa shape index (κ1) is 13.4. The SMILES string of the molecule is O=C(Cc1c[nH]c2ccccc12)OCCc1ccccc1. The van der Waals surface area contributed by atoms with Crippen molar-refractivity contribution in [1.29, 1.82) is 0 Å². The molecule has 0 saturated heterocycles. The Bertz CT molecular complexity index is 731. The normalized spacial score (nSPS) is 10.7. The summed E-state index contributed by atoms with van der Waals surface area (Å²) in [6, 6.07) is 18.0.